The van der Waals surface area contributed by atoms with Crippen molar-refractivity contribution in [3.05, 3.63) is 47.5 Å². The van der Waals surface area contributed by atoms with E-state index in [1.54, 1.807) is 19.5 Å². The molecule has 0 N–H and O–H groups in total. The maximum absolute atomic E-state index is 13.0. The van der Waals surface area contributed by atoms with E-state index >= 15 is 0 Å². The maximum Gasteiger partial charge on any atom is 0.255 e. The van der Waals surface area contributed by atoms with Gasteiger partial charge in [-0.2, -0.15) is 5.10 Å². The molecule has 2 fully saturated rings. The first-order chi connectivity index (χ1) is 15.1. The first-order valence-corrected chi connectivity index (χ1v) is 11.2. The van der Waals surface area contributed by atoms with Crippen molar-refractivity contribution >= 4 is 5.91 Å². The van der Waals surface area contributed by atoms with E-state index in [1.165, 1.54) is 5.56 Å². The van der Waals surface area contributed by atoms with Gasteiger partial charge in [0.05, 0.1) is 24.9 Å². The molecule has 0 saturated carbocycles. The Morgan fingerprint density at radius 2 is 1.90 bits per heavy atom. The second kappa shape index (κ2) is 9.89. The van der Waals surface area contributed by atoms with Crippen LogP contribution in [0.3, 0.4) is 0 Å². The Hall–Kier alpha value is -2.29. The highest BCUT2D eigenvalue weighted by Crippen LogP contribution is 2.40. The number of hydrogen-bond acceptors (Lipinski definition) is 6. The number of nitrogens with zero attached hydrogens (tertiary/aromatic N) is 5. The Bertz CT molecular complexity index is 863. The molecule has 168 valence electrons. The van der Waals surface area contributed by atoms with Crippen molar-refractivity contribution in [2.24, 2.45) is 0 Å². The van der Waals surface area contributed by atoms with Crippen LogP contribution in [0.2, 0.25) is 0 Å². The average Bonchev–Trinajstić information content (AvgIpc) is 3.15. The predicted octanol–water partition coefficient (Wildman–Crippen LogP) is 2.19. The lowest BCUT2D eigenvalue weighted by molar-refractivity contribution is -0.184. The highest BCUT2D eigenvalue weighted by Gasteiger charge is 2.52. The van der Waals surface area contributed by atoms with E-state index in [2.05, 4.69) is 35.0 Å². The number of piperidine rings is 1. The van der Waals surface area contributed by atoms with Crippen LogP contribution in [0.4, 0.5) is 0 Å². The maximum atomic E-state index is 13.0. The monoisotopic (exact) mass is 427 g/mol. The van der Waals surface area contributed by atoms with Gasteiger partial charge in [-0.3, -0.25) is 19.4 Å². The predicted molar refractivity (Wildman–Crippen MR) is 116 cm³/mol. The van der Waals surface area contributed by atoms with E-state index in [1.807, 2.05) is 21.7 Å². The molecule has 2 saturated heterocycles. The van der Waals surface area contributed by atoms with Gasteiger partial charge in [0.25, 0.3) is 5.91 Å². The Kier molecular flexibility index (Phi) is 6.99. The fourth-order valence-electron chi connectivity index (χ4n) is 4.68. The van der Waals surface area contributed by atoms with E-state index < -0.39 is 6.10 Å². The van der Waals surface area contributed by atoms with Gasteiger partial charge in [-0.05, 0) is 44.4 Å². The van der Waals surface area contributed by atoms with Crippen LogP contribution in [0.5, 0.6) is 0 Å². The number of likely N-dealkylation sites (tertiary alicyclic amines) is 2. The van der Waals surface area contributed by atoms with Crippen LogP contribution in [-0.4, -0.2) is 76.0 Å². The molecule has 2 aromatic rings. The largest absolute Gasteiger partial charge is 0.382 e. The van der Waals surface area contributed by atoms with E-state index in [9.17, 15) is 4.79 Å². The molecular weight excluding hydrogens is 394 g/mol. The summed E-state index contributed by atoms with van der Waals surface area (Å²) in [6.07, 6.45) is 7.23. The van der Waals surface area contributed by atoms with E-state index in [-0.39, 0.29) is 18.0 Å². The lowest BCUT2D eigenvalue weighted by Crippen LogP contribution is -2.64. The van der Waals surface area contributed by atoms with Crippen LogP contribution < -0.4 is 0 Å². The van der Waals surface area contributed by atoms with Gasteiger partial charge in [-0.1, -0.05) is 0 Å². The number of pyridine rings is 1. The highest BCUT2D eigenvalue weighted by atomic mass is 16.5. The minimum Gasteiger partial charge on any atom is -0.382 e. The van der Waals surface area contributed by atoms with Crippen LogP contribution in [0, 0.1) is 6.92 Å². The Morgan fingerprint density at radius 1 is 1.16 bits per heavy atom. The summed E-state index contributed by atoms with van der Waals surface area (Å²) in [7, 11) is 1.64. The zero-order chi connectivity index (χ0) is 21.8. The summed E-state index contributed by atoms with van der Waals surface area (Å²) in [6, 6.07) is 4.16. The summed E-state index contributed by atoms with van der Waals surface area (Å²) >= 11 is 0. The Balaban J connectivity index is 1.39. The molecule has 8 nitrogen and oxygen atoms in total. The number of rotatable bonds is 9. The summed E-state index contributed by atoms with van der Waals surface area (Å²) in [5.41, 5.74) is 3.49. The van der Waals surface area contributed by atoms with Gasteiger partial charge in [-0.25, -0.2) is 0 Å². The molecule has 0 radical (unpaired) electrons. The molecule has 0 unspecified atom stereocenters. The van der Waals surface area contributed by atoms with Gasteiger partial charge in [0.1, 0.15) is 0 Å². The lowest BCUT2D eigenvalue weighted by Gasteiger charge is -2.52. The third kappa shape index (κ3) is 4.66. The van der Waals surface area contributed by atoms with Crippen LogP contribution in [-0.2, 0) is 27.4 Å². The Morgan fingerprint density at radius 3 is 2.55 bits per heavy atom. The number of β-lactam (4-membered cyclic amide) rings is 1. The molecule has 0 bridgehead atoms. The SMILES string of the molecule is CCn1cc(CN2CCC(N3C(=O)[C@H](OCCOC)[C@@H]3c3ccncc3)CC2)c(C)n1. The molecule has 4 rings (SSSR count). The fraction of sp³-hybridized carbons (Fsp3) is 0.609. The standard InChI is InChI=1S/C23H33N5O3/c1-4-27-16-19(17(2)25-27)15-26-11-7-20(8-12-26)28-21(18-5-9-24-10-6-18)22(23(28)29)31-14-13-30-3/h5-6,9-10,16,20-22H,4,7-8,11-15H2,1-3H3/t21-,22+/m0/s1. The highest BCUT2D eigenvalue weighted by molar-refractivity contribution is 5.89. The minimum absolute atomic E-state index is 0.0473. The summed E-state index contributed by atoms with van der Waals surface area (Å²) in [6.45, 7) is 8.86. The lowest BCUT2D eigenvalue weighted by atomic mass is 9.86. The Labute approximate surface area is 184 Å². The molecular formula is C23H33N5O3. The van der Waals surface area contributed by atoms with Crippen LogP contribution in [0.15, 0.2) is 30.7 Å². The number of methoxy groups -OCH3 is 1. The van der Waals surface area contributed by atoms with Crippen molar-refractivity contribution in [2.45, 2.75) is 58.0 Å². The smallest absolute Gasteiger partial charge is 0.255 e. The molecule has 4 heterocycles. The van der Waals surface area contributed by atoms with E-state index in [0.717, 1.165) is 50.3 Å². The molecule has 0 aromatic carbocycles. The molecule has 31 heavy (non-hydrogen) atoms. The molecule has 1 amide bonds. The number of amides is 1. The number of aromatic nitrogens is 3. The molecule has 8 heteroatoms. The van der Waals surface area contributed by atoms with Crippen molar-refractivity contribution in [1.29, 1.82) is 0 Å². The van der Waals surface area contributed by atoms with Crippen molar-refractivity contribution in [3.8, 4) is 0 Å². The van der Waals surface area contributed by atoms with Crippen molar-refractivity contribution < 1.29 is 14.3 Å². The van der Waals surface area contributed by atoms with Gasteiger partial charge >= 0.3 is 0 Å². The topological polar surface area (TPSA) is 72.7 Å². The van der Waals surface area contributed by atoms with Crippen LogP contribution >= 0.6 is 0 Å². The summed E-state index contributed by atoms with van der Waals surface area (Å²) in [4.78, 5) is 21.7. The summed E-state index contributed by atoms with van der Waals surface area (Å²) in [5, 5.41) is 4.56. The number of hydrogen-bond donors (Lipinski definition) is 0. The van der Waals surface area contributed by atoms with Gasteiger partial charge in [0.15, 0.2) is 6.10 Å². The van der Waals surface area contributed by atoms with Crippen LogP contribution in [0.1, 0.15) is 42.6 Å². The zero-order valence-electron chi connectivity index (χ0n) is 18.7. The minimum atomic E-state index is -0.432. The second-order valence-corrected chi connectivity index (χ2v) is 8.36. The number of ether oxygens (including phenoxy) is 2. The van der Waals surface area contributed by atoms with Crippen molar-refractivity contribution in [1.82, 2.24) is 24.6 Å². The number of carbonyl (C=O) groups excluding carboxylic acids is 1. The molecule has 0 aliphatic carbocycles. The van der Waals surface area contributed by atoms with Crippen LogP contribution in [0.25, 0.3) is 0 Å². The third-order valence-corrected chi connectivity index (χ3v) is 6.43. The average molecular weight is 428 g/mol. The van der Waals surface area contributed by atoms with Crippen molar-refractivity contribution in [2.75, 3.05) is 33.4 Å². The molecule has 2 aliphatic rings. The molecule has 0 spiro atoms. The van der Waals surface area contributed by atoms with Gasteiger partial charge in [-0.15, -0.1) is 0 Å². The first-order valence-electron chi connectivity index (χ1n) is 11.2. The molecule has 2 atom stereocenters. The second-order valence-electron chi connectivity index (χ2n) is 8.36. The number of aryl methyl sites for hydroxylation is 2. The van der Waals surface area contributed by atoms with Crippen molar-refractivity contribution in [3.63, 3.8) is 0 Å². The van der Waals surface area contributed by atoms with Gasteiger partial charge in [0.2, 0.25) is 0 Å². The summed E-state index contributed by atoms with van der Waals surface area (Å²) < 4.78 is 13.0. The fourth-order valence-corrected chi connectivity index (χ4v) is 4.68. The van der Waals surface area contributed by atoms with E-state index in [0.29, 0.717) is 13.2 Å². The molecule has 2 aromatic heterocycles. The summed E-state index contributed by atoms with van der Waals surface area (Å²) in [5.74, 6) is 0.0939. The van der Waals surface area contributed by atoms with E-state index in [4.69, 9.17) is 9.47 Å². The third-order valence-electron chi connectivity index (χ3n) is 6.43. The normalized spacial score (nSPS) is 22.7. The first kappa shape index (κ1) is 21.9. The molecule has 2 aliphatic heterocycles. The van der Waals surface area contributed by atoms with Gasteiger partial charge < -0.3 is 14.4 Å². The quantitative estimate of drug-likeness (QED) is 0.451. The zero-order valence-corrected chi connectivity index (χ0v) is 18.7. The van der Waals surface area contributed by atoms with Gasteiger partial charge in [0, 0.05) is 63.5 Å². The number of carbonyl (C=O) groups is 1.